The second-order valence-electron chi connectivity index (χ2n) is 5.87. The van der Waals surface area contributed by atoms with Crippen LogP contribution in [0.3, 0.4) is 0 Å². The Hall–Kier alpha value is -1.58. The topological polar surface area (TPSA) is 57.3 Å². The van der Waals surface area contributed by atoms with Crippen molar-refractivity contribution in [3.05, 3.63) is 63.5 Å². The Labute approximate surface area is 166 Å². The number of halogens is 1. The van der Waals surface area contributed by atoms with Crippen molar-refractivity contribution >= 4 is 45.8 Å². The van der Waals surface area contributed by atoms with E-state index in [9.17, 15) is 4.79 Å². The third kappa shape index (κ3) is 4.74. The molecule has 0 radical (unpaired) electrons. The highest BCUT2D eigenvalue weighted by molar-refractivity contribution is 14.1. The molecule has 1 aliphatic rings. The first-order valence-electron chi connectivity index (χ1n) is 8.18. The summed E-state index contributed by atoms with van der Waals surface area (Å²) in [7, 11) is 0. The van der Waals surface area contributed by atoms with Crippen molar-refractivity contribution in [1.29, 1.82) is 0 Å². The van der Waals surface area contributed by atoms with E-state index in [-0.39, 0.29) is 11.9 Å². The number of rotatable bonds is 3. The van der Waals surface area contributed by atoms with Crippen LogP contribution in [0.5, 0.6) is 0 Å². The van der Waals surface area contributed by atoms with Gasteiger partial charge in [0, 0.05) is 22.5 Å². The van der Waals surface area contributed by atoms with Gasteiger partial charge in [0.25, 0.3) is 5.91 Å². The molecule has 0 bridgehead atoms. The minimum Gasteiger partial charge on any atom is -0.298 e. The van der Waals surface area contributed by atoms with Crippen molar-refractivity contribution < 1.29 is 4.79 Å². The van der Waals surface area contributed by atoms with Gasteiger partial charge in [-0.2, -0.15) is 0 Å². The van der Waals surface area contributed by atoms with Gasteiger partial charge in [0.1, 0.15) is 0 Å². The summed E-state index contributed by atoms with van der Waals surface area (Å²) >= 11 is 7.50. The summed E-state index contributed by atoms with van der Waals surface area (Å²) in [6.45, 7) is 0.873. The Morgan fingerprint density at radius 1 is 1.24 bits per heavy atom. The van der Waals surface area contributed by atoms with E-state index in [4.69, 9.17) is 12.2 Å². The average Bonchev–Trinajstić information content (AvgIpc) is 2.63. The van der Waals surface area contributed by atoms with Crippen molar-refractivity contribution in [2.24, 2.45) is 0 Å². The van der Waals surface area contributed by atoms with Crippen LogP contribution in [0.15, 0.2) is 48.8 Å². The maximum Gasteiger partial charge on any atom is 0.258 e. The number of hydrazine groups is 1. The largest absolute Gasteiger partial charge is 0.298 e. The Morgan fingerprint density at radius 3 is 2.84 bits per heavy atom. The summed E-state index contributed by atoms with van der Waals surface area (Å²) in [6.07, 6.45) is 6.96. The lowest BCUT2D eigenvalue weighted by atomic mass is 9.98. The molecule has 0 saturated carbocycles. The second kappa shape index (κ2) is 8.68. The minimum atomic E-state index is -0.197. The van der Waals surface area contributed by atoms with E-state index in [2.05, 4.69) is 49.4 Å². The summed E-state index contributed by atoms with van der Waals surface area (Å²) in [4.78, 5) is 16.6. The molecule has 7 heteroatoms. The molecule has 1 amide bonds. The van der Waals surface area contributed by atoms with Gasteiger partial charge in [-0.15, -0.1) is 0 Å². The number of nitrogens with one attached hydrogen (secondary N) is 2. The molecule has 1 saturated heterocycles. The van der Waals surface area contributed by atoms with Gasteiger partial charge in [-0.3, -0.25) is 20.5 Å². The standard InChI is InChI=1S/C18H19IN4OS/c19-15-8-2-1-7-14(15)17(24)21-18(25)22-23-11-4-3-9-16(23)13-6-5-10-20-12-13/h1-2,5-8,10,12,16H,3-4,9,11H2,(H2,21,22,24,25). The van der Waals surface area contributed by atoms with Crippen molar-refractivity contribution in [1.82, 2.24) is 20.7 Å². The van der Waals surface area contributed by atoms with E-state index < -0.39 is 0 Å². The van der Waals surface area contributed by atoms with Crippen LogP contribution in [-0.4, -0.2) is 27.6 Å². The molecule has 2 N–H and O–H groups in total. The molecule has 2 heterocycles. The number of hydrogen-bond acceptors (Lipinski definition) is 4. The average molecular weight is 466 g/mol. The Morgan fingerprint density at radius 2 is 2.08 bits per heavy atom. The molecule has 0 aliphatic carbocycles. The highest BCUT2D eigenvalue weighted by atomic mass is 127. The second-order valence-corrected chi connectivity index (χ2v) is 7.44. The van der Waals surface area contributed by atoms with Gasteiger partial charge in [-0.25, -0.2) is 5.01 Å². The fourth-order valence-corrected chi connectivity index (χ4v) is 3.80. The van der Waals surface area contributed by atoms with Crippen LogP contribution >= 0.6 is 34.8 Å². The zero-order chi connectivity index (χ0) is 17.6. The number of piperidine rings is 1. The lowest BCUT2D eigenvalue weighted by Gasteiger charge is -2.36. The van der Waals surface area contributed by atoms with Crippen LogP contribution in [0.1, 0.15) is 41.2 Å². The number of pyridine rings is 1. The minimum absolute atomic E-state index is 0.197. The van der Waals surface area contributed by atoms with Gasteiger partial charge in [0.2, 0.25) is 0 Å². The molecule has 1 aromatic carbocycles. The molecule has 1 fully saturated rings. The van der Waals surface area contributed by atoms with Crippen molar-refractivity contribution in [3.63, 3.8) is 0 Å². The Kier molecular flexibility index (Phi) is 6.33. The molecule has 1 atom stereocenters. The first-order valence-corrected chi connectivity index (χ1v) is 9.67. The van der Waals surface area contributed by atoms with Crippen molar-refractivity contribution in [2.45, 2.75) is 25.3 Å². The third-order valence-electron chi connectivity index (χ3n) is 4.16. The zero-order valence-corrected chi connectivity index (χ0v) is 16.6. The van der Waals surface area contributed by atoms with Gasteiger partial charge < -0.3 is 0 Å². The number of aromatic nitrogens is 1. The van der Waals surface area contributed by atoms with Crippen molar-refractivity contribution in [2.75, 3.05) is 6.54 Å². The van der Waals surface area contributed by atoms with Gasteiger partial charge in [0.15, 0.2) is 5.11 Å². The SMILES string of the molecule is O=C(NC(=S)NN1CCCCC1c1cccnc1)c1ccccc1I. The molecule has 1 aliphatic heterocycles. The summed E-state index contributed by atoms with van der Waals surface area (Å²) in [6, 6.07) is 11.7. The van der Waals surface area contributed by atoms with Crippen LogP contribution in [0.25, 0.3) is 0 Å². The molecule has 1 unspecified atom stereocenters. The van der Waals surface area contributed by atoms with Crippen LogP contribution in [-0.2, 0) is 0 Å². The molecule has 0 spiro atoms. The molecular formula is C18H19IN4OS. The van der Waals surface area contributed by atoms with Crippen molar-refractivity contribution in [3.8, 4) is 0 Å². The van der Waals surface area contributed by atoms with Gasteiger partial charge >= 0.3 is 0 Å². The van der Waals surface area contributed by atoms with Crippen LogP contribution in [0.2, 0.25) is 0 Å². The maximum absolute atomic E-state index is 12.4. The first-order chi connectivity index (χ1) is 12.1. The van der Waals surface area contributed by atoms with E-state index in [0.717, 1.165) is 28.5 Å². The smallest absolute Gasteiger partial charge is 0.258 e. The summed E-state index contributed by atoms with van der Waals surface area (Å²) in [5, 5.41) is 5.19. The highest BCUT2D eigenvalue weighted by Gasteiger charge is 2.25. The van der Waals surface area contributed by atoms with Crippen LogP contribution < -0.4 is 10.7 Å². The molecular weight excluding hydrogens is 447 g/mol. The molecule has 130 valence electrons. The number of benzene rings is 1. The lowest BCUT2D eigenvalue weighted by molar-refractivity contribution is 0.0957. The van der Waals surface area contributed by atoms with Gasteiger partial charge in [-0.05, 0) is 71.4 Å². The number of hydrogen-bond donors (Lipinski definition) is 2. The van der Waals surface area contributed by atoms with E-state index in [0.29, 0.717) is 10.7 Å². The quantitative estimate of drug-likeness (QED) is 0.537. The molecule has 2 aromatic rings. The Bertz CT molecular complexity index is 756. The number of amides is 1. The number of carbonyl (C=O) groups excluding carboxylic acids is 1. The normalized spacial score (nSPS) is 17.7. The first kappa shape index (κ1) is 18.2. The van der Waals surface area contributed by atoms with E-state index >= 15 is 0 Å². The molecule has 25 heavy (non-hydrogen) atoms. The number of carbonyl (C=O) groups is 1. The predicted molar refractivity (Wildman–Crippen MR) is 110 cm³/mol. The number of thiocarbonyl (C=S) groups is 1. The third-order valence-corrected chi connectivity index (χ3v) is 5.30. The molecule has 3 rings (SSSR count). The number of nitrogens with zero attached hydrogens (tertiary/aromatic N) is 2. The maximum atomic E-state index is 12.4. The lowest BCUT2D eigenvalue weighted by Crippen LogP contribution is -2.51. The molecule has 5 nitrogen and oxygen atoms in total. The van der Waals surface area contributed by atoms with Gasteiger partial charge in [-0.1, -0.05) is 24.6 Å². The predicted octanol–water partition coefficient (Wildman–Crippen LogP) is 3.43. The summed E-state index contributed by atoms with van der Waals surface area (Å²) < 4.78 is 0.895. The highest BCUT2D eigenvalue weighted by Crippen LogP contribution is 2.28. The summed E-state index contributed by atoms with van der Waals surface area (Å²) in [5.41, 5.74) is 4.96. The van der Waals surface area contributed by atoms with E-state index in [1.165, 1.54) is 6.42 Å². The van der Waals surface area contributed by atoms with E-state index in [1.54, 1.807) is 12.3 Å². The van der Waals surface area contributed by atoms with E-state index in [1.807, 2.05) is 30.5 Å². The summed E-state index contributed by atoms with van der Waals surface area (Å²) in [5.74, 6) is -0.197. The van der Waals surface area contributed by atoms with Gasteiger partial charge in [0.05, 0.1) is 11.6 Å². The fourth-order valence-electron chi connectivity index (χ4n) is 2.96. The fraction of sp³-hybridized carbons (Fsp3) is 0.278. The zero-order valence-electron chi connectivity index (χ0n) is 13.6. The molecule has 1 aromatic heterocycles. The van der Waals surface area contributed by atoms with Crippen LogP contribution in [0, 0.1) is 3.57 Å². The Balaban J connectivity index is 1.65. The van der Waals surface area contributed by atoms with Crippen LogP contribution in [0.4, 0.5) is 0 Å². The monoisotopic (exact) mass is 466 g/mol.